The molecule has 1 aliphatic rings. The molecule has 1 N–H and O–H groups in total. The van der Waals surface area contributed by atoms with Crippen LogP contribution in [0.1, 0.15) is 28.0 Å². The van der Waals surface area contributed by atoms with Crippen LogP contribution in [0.2, 0.25) is 0 Å². The number of aromatic amines is 1. The zero-order chi connectivity index (χ0) is 18.8. The van der Waals surface area contributed by atoms with Crippen LogP contribution in [0, 0.1) is 18.3 Å². The largest absolute Gasteiger partial charge is 0.358 e. The number of rotatable bonds is 2. The maximum absolute atomic E-state index is 13.2. The molecule has 0 unspecified atom stereocenters. The predicted molar refractivity (Wildman–Crippen MR) is 105 cm³/mol. The number of H-pyrrole nitrogens is 1. The van der Waals surface area contributed by atoms with Crippen LogP contribution < -0.4 is 4.90 Å². The van der Waals surface area contributed by atoms with Crippen LogP contribution in [0.15, 0.2) is 42.6 Å². The summed E-state index contributed by atoms with van der Waals surface area (Å²) in [7, 11) is 0. The quantitative estimate of drug-likeness (QED) is 0.763. The highest BCUT2D eigenvalue weighted by molar-refractivity contribution is 6.08. The van der Waals surface area contributed by atoms with Crippen molar-refractivity contribution < 1.29 is 4.79 Å². The summed E-state index contributed by atoms with van der Waals surface area (Å²) in [5.41, 5.74) is 3.22. The minimum atomic E-state index is 0.0633. The fourth-order valence-electron chi connectivity index (χ4n) is 3.78. The van der Waals surface area contributed by atoms with Gasteiger partial charge in [-0.2, -0.15) is 5.26 Å². The van der Waals surface area contributed by atoms with E-state index in [2.05, 4.69) is 20.9 Å². The lowest BCUT2D eigenvalue weighted by Crippen LogP contribution is -2.35. The van der Waals surface area contributed by atoms with Crippen molar-refractivity contribution in [2.45, 2.75) is 13.3 Å². The van der Waals surface area contributed by atoms with Gasteiger partial charge in [0.25, 0.3) is 5.91 Å². The van der Waals surface area contributed by atoms with Crippen molar-refractivity contribution >= 4 is 22.6 Å². The van der Waals surface area contributed by atoms with Gasteiger partial charge in [0.15, 0.2) is 0 Å². The molecule has 4 rings (SSSR count). The van der Waals surface area contributed by atoms with Crippen LogP contribution in [-0.4, -0.2) is 47.0 Å². The molecule has 0 saturated carbocycles. The Bertz CT molecular complexity index is 1030. The maximum atomic E-state index is 13.2. The lowest BCUT2D eigenvalue weighted by molar-refractivity contribution is 0.0768. The molecule has 0 bridgehead atoms. The Morgan fingerprint density at radius 3 is 2.85 bits per heavy atom. The molecule has 1 amide bonds. The number of pyridine rings is 1. The number of carbonyl (C=O) groups excluding carboxylic acids is 1. The summed E-state index contributed by atoms with van der Waals surface area (Å²) in [6.45, 7) is 4.70. The van der Waals surface area contributed by atoms with Gasteiger partial charge in [0, 0.05) is 49.0 Å². The van der Waals surface area contributed by atoms with Gasteiger partial charge in [-0.15, -0.1) is 0 Å². The SMILES string of the molecule is Cc1[nH]c2ccccc2c1C(=O)N1CCCN(c2ncccc2C#N)CC1. The van der Waals surface area contributed by atoms with Crippen LogP contribution >= 0.6 is 0 Å². The molecular formula is C21H21N5O. The van der Waals surface area contributed by atoms with Crippen LogP contribution in [0.3, 0.4) is 0 Å². The van der Waals surface area contributed by atoms with Gasteiger partial charge in [-0.25, -0.2) is 4.98 Å². The number of amides is 1. The molecule has 0 spiro atoms. The van der Waals surface area contributed by atoms with Crippen LogP contribution in [0.4, 0.5) is 5.82 Å². The lowest BCUT2D eigenvalue weighted by atomic mass is 10.1. The zero-order valence-electron chi connectivity index (χ0n) is 15.3. The first-order valence-corrected chi connectivity index (χ1v) is 9.15. The fourth-order valence-corrected chi connectivity index (χ4v) is 3.78. The zero-order valence-corrected chi connectivity index (χ0v) is 15.3. The minimum absolute atomic E-state index is 0.0633. The molecule has 136 valence electrons. The number of aryl methyl sites for hydroxylation is 1. The first kappa shape index (κ1) is 17.1. The molecule has 1 saturated heterocycles. The summed E-state index contributed by atoms with van der Waals surface area (Å²) < 4.78 is 0. The fraction of sp³-hybridized carbons (Fsp3) is 0.286. The Morgan fingerprint density at radius 2 is 2.00 bits per heavy atom. The summed E-state index contributed by atoms with van der Waals surface area (Å²) in [5, 5.41) is 10.3. The van der Waals surface area contributed by atoms with Crippen molar-refractivity contribution in [2.75, 3.05) is 31.1 Å². The number of hydrogen-bond acceptors (Lipinski definition) is 4. The highest BCUT2D eigenvalue weighted by Gasteiger charge is 2.25. The summed E-state index contributed by atoms with van der Waals surface area (Å²) in [5.74, 6) is 0.769. The smallest absolute Gasteiger partial charge is 0.256 e. The molecule has 6 heteroatoms. The summed E-state index contributed by atoms with van der Waals surface area (Å²) >= 11 is 0. The van der Waals surface area contributed by atoms with Crippen molar-refractivity contribution in [3.8, 4) is 6.07 Å². The molecule has 0 atom stereocenters. The van der Waals surface area contributed by atoms with Gasteiger partial charge in [0.2, 0.25) is 0 Å². The highest BCUT2D eigenvalue weighted by Crippen LogP contribution is 2.24. The topological polar surface area (TPSA) is 76.0 Å². The molecule has 2 aromatic heterocycles. The number of aromatic nitrogens is 2. The number of nitrogens with zero attached hydrogens (tertiary/aromatic N) is 4. The molecular weight excluding hydrogens is 338 g/mol. The monoisotopic (exact) mass is 359 g/mol. The third kappa shape index (κ3) is 3.13. The minimum Gasteiger partial charge on any atom is -0.358 e. The first-order valence-electron chi connectivity index (χ1n) is 9.15. The lowest BCUT2D eigenvalue weighted by Gasteiger charge is -2.23. The van der Waals surface area contributed by atoms with Crippen molar-refractivity contribution in [2.24, 2.45) is 0 Å². The second-order valence-corrected chi connectivity index (χ2v) is 6.79. The van der Waals surface area contributed by atoms with Crippen molar-refractivity contribution in [1.29, 1.82) is 5.26 Å². The summed E-state index contributed by atoms with van der Waals surface area (Å²) in [6, 6.07) is 13.7. The van der Waals surface area contributed by atoms with Crippen molar-refractivity contribution in [3.05, 3.63) is 59.4 Å². The second kappa shape index (κ2) is 7.12. The van der Waals surface area contributed by atoms with Crippen LogP contribution in [0.5, 0.6) is 0 Å². The van der Waals surface area contributed by atoms with Gasteiger partial charge < -0.3 is 14.8 Å². The van der Waals surface area contributed by atoms with E-state index in [1.165, 1.54) is 0 Å². The number of anilines is 1. The molecule has 27 heavy (non-hydrogen) atoms. The number of nitrogens with one attached hydrogen (secondary N) is 1. The molecule has 1 aromatic carbocycles. The Labute approximate surface area is 158 Å². The van der Waals surface area contributed by atoms with Gasteiger partial charge in [-0.1, -0.05) is 18.2 Å². The van der Waals surface area contributed by atoms with E-state index >= 15 is 0 Å². The Hall–Kier alpha value is -3.33. The highest BCUT2D eigenvalue weighted by atomic mass is 16.2. The van der Waals surface area contributed by atoms with Crippen molar-refractivity contribution in [1.82, 2.24) is 14.9 Å². The van der Waals surface area contributed by atoms with E-state index in [0.29, 0.717) is 31.0 Å². The van der Waals surface area contributed by atoms with E-state index in [4.69, 9.17) is 0 Å². The summed E-state index contributed by atoms with van der Waals surface area (Å²) in [6.07, 6.45) is 2.55. The molecule has 3 aromatic rings. The van der Waals surface area contributed by atoms with Crippen LogP contribution in [-0.2, 0) is 0 Å². The Morgan fingerprint density at radius 1 is 1.15 bits per heavy atom. The van der Waals surface area contributed by atoms with Gasteiger partial charge in [0.05, 0.1) is 11.1 Å². The normalized spacial score (nSPS) is 14.8. The third-order valence-electron chi connectivity index (χ3n) is 5.10. The Balaban J connectivity index is 1.57. The second-order valence-electron chi connectivity index (χ2n) is 6.79. The molecule has 0 aliphatic carbocycles. The van der Waals surface area contributed by atoms with Gasteiger partial charge in [0.1, 0.15) is 11.9 Å². The third-order valence-corrected chi connectivity index (χ3v) is 5.10. The number of nitriles is 1. The molecule has 1 aliphatic heterocycles. The Kier molecular flexibility index (Phi) is 4.51. The predicted octanol–water partition coefficient (Wildman–Crippen LogP) is 3.10. The van der Waals surface area contributed by atoms with Crippen LogP contribution in [0.25, 0.3) is 10.9 Å². The van der Waals surface area contributed by atoms with Gasteiger partial charge in [-0.3, -0.25) is 4.79 Å². The van der Waals surface area contributed by atoms with E-state index in [9.17, 15) is 10.1 Å². The van der Waals surface area contributed by atoms with E-state index in [-0.39, 0.29) is 5.91 Å². The maximum Gasteiger partial charge on any atom is 0.256 e. The summed E-state index contributed by atoms with van der Waals surface area (Å²) in [4.78, 5) is 24.9. The average molecular weight is 359 g/mol. The van der Waals surface area contributed by atoms with E-state index in [0.717, 1.165) is 35.1 Å². The molecule has 1 fully saturated rings. The molecule has 6 nitrogen and oxygen atoms in total. The standard InChI is InChI=1S/C21H21N5O/c1-15-19(17-7-2-3-8-18(17)24-15)21(27)26-11-5-10-25(12-13-26)20-16(14-22)6-4-9-23-20/h2-4,6-9,24H,5,10-13H2,1H3. The number of para-hydroxylation sites is 1. The van der Waals surface area contributed by atoms with E-state index < -0.39 is 0 Å². The van der Waals surface area contributed by atoms with Gasteiger partial charge in [-0.05, 0) is 31.5 Å². The average Bonchev–Trinajstić information content (AvgIpc) is 2.87. The number of carbonyl (C=O) groups is 1. The number of fused-ring (bicyclic) bond motifs is 1. The van der Waals surface area contributed by atoms with E-state index in [1.807, 2.05) is 36.1 Å². The van der Waals surface area contributed by atoms with Crippen molar-refractivity contribution in [3.63, 3.8) is 0 Å². The molecule has 0 radical (unpaired) electrons. The number of hydrogen-bond donors (Lipinski definition) is 1. The van der Waals surface area contributed by atoms with Gasteiger partial charge >= 0.3 is 0 Å². The van der Waals surface area contributed by atoms with E-state index in [1.54, 1.807) is 18.3 Å². The number of benzene rings is 1. The first-order chi connectivity index (χ1) is 13.2. The molecule has 3 heterocycles.